The Kier molecular flexibility index (Phi) is 5.84. The van der Waals surface area contributed by atoms with Gasteiger partial charge in [0.15, 0.2) is 11.6 Å². The van der Waals surface area contributed by atoms with Gasteiger partial charge < -0.3 is 0 Å². The van der Waals surface area contributed by atoms with Crippen LogP contribution in [0.1, 0.15) is 5.56 Å². The number of sulfonamides is 1. The Balaban J connectivity index is 1.71. The van der Waals surface area contributed by atoms with E-state index >= 15 is 0 Å². The first-order chi connectivity index (χ1) is 12.3. The lowest BCUT2D eigenvalue weighted by Gasteiger charge is -2.34. The summed E-state index contributed by atoms with van der Waals surface area (Å²) in [5.41, 5.74) is 0.246. The molecule has 26 heavy (non-hydrogen) atoms. The van der Waals surface area contributed by atoms with Gasteiger partial charge in [-0.1, -0.05) is 41.4 Å². The van der Waals surface area contributed by atoms with E-state index in [1.54, 1.807) is 6.07 Å². The molecule has 3 rings (SSSR count). The molecule has 0 saturated carbocycles. The predicted molar refractivity (Wildman–Crippen MR) is 96.9 cm³/mol. The van der Waals surface area contributed by atoms with E-state index in [9.17, 15) is 17.2 Å². The van der Waals surface area contributed by atoms with Crippen LogP contribution in [0, 0.1) is 11.6 Å². The number of halogens is 4. The fourth-order valence-electron chi connectivity index (χ4n) is 2.90. The maximum absolute atomic E-state index is 13.8. The van der Waals surface area contributed by atoms with Crippen LogP contribution in [0.2, 0.25) is 10.0 Å². The zero-order valence-electron chi connectivity index (χ0n) is 13.6. The number of nitrogens with zero attached hydrogens (tertiary/aromatic N) is 2. The molecule has 0 aromatic heterocycles. The third-order valence-corrected chi connectivity index (χ3v) is 7.13. The van der Waals surface area contributed by atoms with E-state index in [1.165, 1.54) is 28.6 Å². The third-order valence-electron chi connectivity index (χ3n) is 4.27. The molecule has 1 saturated heterocycles. The summed E-state index contributed by atoms with van der Waals surface area (Å²) < 4.78 is 54.1. The van der Waals surface area contributed by atoms with E-state index in [-0.39, 0.29) is 40.1 Å². The lowest BCUT2D eigenvalue weighted by molar-refractivity contribution is 0.179. The summed E-state index contributed by atoms with van der Waals surface area (Å²) in [5, 5.41) is 0.142. The number of rotatable bonds is 4. The molecular weight excluding hydrogens is 405 g/mol. The number of piperazine rings is 1. The van der Waals surface area contributed by atoms with Crippen LogP contribution in [0.25, 0.3) is 0 Å². The zero-order valence-corrected chi connectivity index (χ0v) is 16.0. The molecular formula is C17H16Cl2F2N2O2S. The van der Waals surface area contributed by atoms with E-state index in [4.69, 9.17) is 23.2 Å². The van der Waals surface area contributed by atoms with Gasteiger partial charge in [-0.25, -0.2) is 17.2 Å². The average molecular weight is 421 g/mol. The Morgan fingerprint density at radius 1 is 0.923 bits per heavy atom. The van der Waals surface area contributed by atoms with Gasteiger partial charge in [-0.15, -0.1) is 0 Å². The van der Waals surface area contributed by atoms with Gasteiger partial charge in [0.25, 0.3) is 0 Å². The molecule has 0 atom stereocenters. The van der Waals surface area contributed by atoms with Crippen molar-refractivity contribution in [3.63, 3.8) is 0 Å². The first kappa shape index (κ1) is 19.5. The molecule has 4 nitrogen and oxygen atoms in total. The fraction of sp³-hybridized carbons (Fsp3) is 0.294. The van der Waals surface area contributed by atoms with Gasteiger partial charge in [-0.2, -0.15) is 4.31 Å². The lowest BCUT2D eigenvalue weighted by atomic mass is 10.2. The molecule has 2 aromatic carbocycles. The second-order valence-electron chi connectivity index (χ2n) is 5.94. The summed E-state index contributed by atoms with van der Waals surface area (Å²) in [6.45, 7) is 1.40. The predicted octanol–water partition coefficient (Wildman–Crippen LogP) is 3.78. The van der Waals surface area contributed by atoms with Gasteiger partial charge in [0.05, 0.1) is 10.0 Å². The SMILES string of the molecule is O=S(=O)(c1c(Cl)cccc1Cl)N1CCN(Cc2cccc(F)c2F)CC1. The van der Waals surface area contributed by atoms with Gasteiger partial charge in [0, 0.05) is 38.3 Å². The molecule has 1 aliphatic rings. The Labute approximate surface area is 161 Å². The summed E-state index contributed by atoms with van der Waals surface area (Å²) in [4.78, 5) is 1.77. The van der Waals surface area contributed by atoms with Gasteiger partial charge in [-0.05, 0) is 18.2 Å². The molecule has 0 aliphatic carbocycles. The Hall–Kier alpha value is -1.25. The maximum atomic E-state index is 13.8. The second kappa shape index (κ2) is 7.78. The minimum absolute atomic E-state index is 0.0711. The Bertz CT molecular complexity index is 897. The van der Waals surface area contributed by atoms with Crippen LogP contribution >= 0.6 is 23.2 Å². The molecule has 0 spiro atoms. The molecule has 2 aromatic rings. The first-order valence-electron chi connectivity index (χ1n) is 7.90. The quantitative estimate of drug-likeness (QED) is 0.755. The normalized spacial score (nSPS) is 16.8. The van der Waals surface area contributed by atoms with E-state index in [0.717, 1.165) is 6.07 Å². The number of hydrogen-bond acceptors (Lipinski definition) is 3. The lowest BCUT2D eigenvalue weighted by Crippen LogP contribution is -2.48. The smallest absolute Gasteiger partial charge is 0.246 e. The van der Waals surface area contributed by atoms with Crippen molar-refractivity contribution < 1.29 is 17.2 Å². The molecule has 0 bridgehead atoms. The van der Waals surface area contributed by atoms with E-state index in [0.29, 0.717) is 13.1 Å². The highest BCUT2D eigenvalue weighted by Gasteiger charge is 2.32. The molecule has 140 valence electrons. The fourth-order valence-corrected chi connectivity index (χ4v) is 5.41. The van der Waals surface area contributed by atoms with Crippen LogP contribution in [-0.4, -0.2) is 43.8 Å². The molecule has 1 fully saturated rings. The van der Waals surface area contributed by atoms with E-state index in [1.807, 2.05) is 4.90 Å². The van der Waals surface area contributed by atoms with Crippen LogP contribution < -0.4 is 0 Å². The topological polar surface area (TPSA) is 40.6 Å². The minimum Gasteiger partial charge on any atom is -0.296 e. The molecule has 0 radical (unpaired) electrons. The summed E-state index contributed by atoms with van der Waals surface area (Å²) >= 11 is 12.0. The van der Waals surface area contributed by atoms with Crippen molar-refractivity contribution >= 4 is 33.2 Å². The van der Waals surface area contributed by atoms with Crippen LogP contribution in [-0.2, 0) is 16.6 Å². The maximum Gasteiger partial charge on any atom is 0.246 e. The summed E-state index contributed by atoms with van der Waals surface area (Å²) in [5.74, 6) is -1.76. The standard InChI is InChI=1S/C17H16Cl2F2N2O2S/c18-13-4-2-5-14(19)17(13)26(24,25)23-9-7-22(8-10-23)11-12-3-1-6-15(20)16(12)21/h1-6H,7-11H2. The second-order valence-corrected chi connectivity index (χ2v) is 8.63. The summed E-state index contributed by atoms with van der Waals surface area (Å²) in [6.07, 6.45) is 0. The van der Waals surface area contributed by atoms with Gasteiger partial charge in [-0.3, -0.25) is 4.90 Å². The summed E-state index contributed by atoms with van der Waals surface area (Å²) in [7, 11) is -3.83. The van der Waals surface area contributed by atoms with Gasteiger partial charge in [0.2, 0.25) is 10.0 Å². The van der Waals surface area contributed by atoms with Crippen molar-refractivity contribution in [1.29, 1.82) is 0 Å². The van der Waals surface area contributed by atoms with E-state index < -0.39 is 21.7 Å². The molecule has 0 N–H and O–H groups in total. The number of benzene rings is 2. The largest absolute Gasteiger partial charge is 0.296 e. The van der Waals surface area contributed by atoms with Gasteiger partial charge >= 0.3 is 0 Å². The van der Waals surface area contributed by atoms with Crippen LogP contribution in [0.5, 0.6) is 0 Å². The van der Waals surface area contributed by atoms with Crippen molar-refractivity contribution in [2.24, 2.45) is 0 Å². The van der Waals surface area contributed by atoms with Crippen molar-refractivity contribution in [1.82, 2.24) is 9.21 Å². The van der Waals surface area contributed by atoms with Gasteiger partial charge in [0.1, 0.15) is 4.90 Å². The minimum atomic E-state index is -3.83. The third kappa shape index (κ3) is 3.87. The highest BCUT2D eigenvalue weighted by Crippen LogP contribution is 2.32. The average Bonchev–Trinajstić information content (AvgIpc) is 2.59. The van der Waals surface area contributed by atoms with Crippen LogP contribution in [0.15, 0.2) is 41.3 Å². The Morgan fingerprint density at radius 3 is 2.12 bits per heavy atom. The first-order valence-corrected chi connectivity index (χ1v) is 10.1. The molecule has 0 amide bonds. The van der Waals surface area contributed by atoms with Crippen molar-refractivity contribution in [2.75, 3.05) is 26.2 Å². The zero-order chi connectivity index (χ0) is 18.9. The van der Waals surface area contributed by atoms with Crippen LogP contribution in [0.3, 0.4) is 0 Å². The monoisotopic (exact) mass is 420 g/mol. The van der Waals surface area contributed by atoms with Crippen molar-refractivity contribution in [3.05, 3.63) is 63.6 Å². The Morgan fingerprint density at radius 2 is 1.50 bits per heavy atom. The molecule has 1 aliphatic heterocycles. The molecule has 0 unspecified atom stereocenters. The highest BCUT2D eigenvalue weighted by atomic mass is 35.5. The molecule has 1 heterocycles. The summed E-state index contributed by atoms with van der Waals surface area (Å²) in [6, 6.07) is 8.57. The van der Waals surface area contributed by atoms with Crippen LogP contribution in [0.4, 0.5) is 8.78 Å². The van der Waals surface area contributed by atoms with E-state index in [2.05, 4.69) is 0 Å². The highest BCUT2D eigenvalue weighted by molar-refractivity contribution is 7.89. The number of hydrogen-bond donors (Lipinski definition) is 0. The molecule has 9 heteroatoms. The van der Waals surface area contributed by atoms with Crippen molar-refractivity contribution in [3.8, 4) is 0 Å². The van der Waals surface area contributed by atoms with Crippen molar-refractivity contribution in [2.45, 2.75) is 11.4 Å².